The third-order valence-corrected chi connectivity index (χ3v) is 4.13. The van der Waals surface area contributed by atoms with Crippen LogP contribution < -0.4 is 5.43 Å². The monoisotopic (exact) mass is 311 g/mol. The van der Waals surface area contributed by atoms with Crippen LogP contribution >= 0.6 is 0 Å². The maximum atomic E-state index is 12.8. The van der Waals surface area contributed by atoms with Crippen LogP contribution in [0.1, 0.15) is 5.56 Å². The van der Waals surface area contributed by atoms with Gasteiger partial charge in [-0.15, -0.1) is 0 Å². The lowest BCUT2D eigenvalue weighted by Gasteiger charge is -2.09. The van der Waals surface area contributed by atoms with Gasteiger partial charge in [0, 0.05) is 17.2 Å². The number of benzene rings is 3. The van der Waals surface area contributed by atoms with Crippen LogP contribution in [0.15, 0.2) is 75.9 Å². The summed E-state index contributed by atoms with van der Waals surface area (Å²) in [6.45, 7) is 0. The van der Waals surface area contributed by atoms with Crippen molar-refractivity contribution >= 4 is 21.7 Å². The molecule has 0 amide bonds. The number of rotatable bonds is 2. The highest BCUT2D eigenvalue weighted by molar-refractivity contribution is 6.07. The van der Waals surface area contributed by atoms with Crippen LogP contribution in [0.5, 0.6) is 0 Å². The van der Waals surface area contributed by atoms with Crippen molar-refractivity contribution in [2.75, 3.05) is 0 Å². The summed E-state index contributed by atoms with van der Waals surface area (Å²) in [7, 11) is 0. The Balaban J connectivity index is 2.14. The quantitative estimate of drug-likeness (QED) is 0.505. The average molecular weight is 311 g/mol. The largest absolute Gasteiger partial charge is 0.455 e. The van der Waals surface area contributed by atoms with Gasteiger partial charge < -0.3 is 4.42 Å². The van der Waals surface area contributed by atoms with E-state index in [0.29, 0.717) is 16.7 Å². The van der Waals surface area contributed by atoms with Crippen LogP contribution in [0.3, 0.4) is 0 Å². The molecule has 114 valence electrons. The first-order chi connectivity index (χ1) is 11.8. The van der Waals surface area contributed by atoms with Crippen molar-refractivity contribution in [1.82, 2.24) is 0 Å². The maximum Gasteiger partial charge on any atom is 0.193 e. The zero-order chi connectivity index (χ0) is 16.5. The first kappa shape index (κ1) is 14.2. The van der Waals surface area contributed by atoms with Gasteiger partial charge in [0.2, 0.25) is 0 Å². The molecule has 0 atom stereocenters. The molecule has 0 N–H and O–H groups in total. The van der Waals surface area contributed by atoms with E-state index in [1.807, 2.05) is 60.7 Å². The second kappa shape index (κ2) is 5.68. The van der Waals surface area contributed by atoms with Crippen molar-refractivity contribution in [3.8, 4) is 17.4 Å². The third-order valence-electron chi connectivity index (χ3n) is 4.13. The Morgan fingerprint density at radius 2 is 1.71 bits per heavy atom. The van der Waals surface area contributed by atoms with Crippen molar-refractivity contribution in [1.29, 1.82) is 5.26 Å². The number of hydrogen-bond acceptors (Lipinski definition) is 3. The van der Waals surface area contributed by atoms with Crippen LogP contribution in [0.2, 0.25) is 0 Å². The Labute approximate surface area is 138 Å². The van der Waals surface area contributed by atoms with Crippen LogP contribution in [0.25, 0.3) is 33.1 Å². The van der Waals surface area contributed by atoms with Gasteiger partial charge in [-0.2, -0.15) is 5.26 Å². The fourth-order valence-electron chi connectivity index (χ4n) is 3.04. The molecular weight excluding hydrogens is 298 g/mol. The highest BCUT2D eigenvalue weighted by atomic mass is 16.3. The summed E-state index contributed by atoms with van der Waals surface area (Å²) in [4.78, 5) is 12.8. The molecule has 24 heavy (non-hydrogen) atoms. The molecule has 0 spiro atoms. The van der Waals surface area contributed by atoms with Gasteiger partial charge in [-0.25, -0.2) is 0 Å². The smallest absolute Gasteiger partial charge is 0.193 e. The number of nitriles is 1. The highest BCUT2D eigenvalue weighted by Gasteiger charge is 2.14. The molecule has 0 saturated carbocycles. The summed E-state index contributed by atoms with van der Waals surface area (Å²) in [5, 5.41) is 11.5. The topological polar surface area (TPSA) is 54.0 Å². The maximum absolute atomic E-state index is 12.8. The Hall–Kier alpha value is -3.38. The third kappa shape index (κ3) is 2.26. The summed E-state index contributed by atoms with van der Waals surface area (Å²) in [6, 6.07) is 22.8. The predicted octanol–water partition coefficient (Wildman–Crippen LogP) is 4.68. The van der Waals surface area contributed by atoms with E-state index < -0.39 is 0 Å². The predicted molar refractivity (Wildman–Crippen MR) is 94.7 cm³/mol. The standard InChI is InChI=1S/C21H13NO2/c22-11-10-16-12-15-8-4-5-9-17(15)20-18(23)13-19(24-21(16)20)14-6-2-1-3-7-14/h1-9,12-13H,10H2. The van der Waals surface area contributed by atoms with E-state index in [4.69, 9.17) is 9.68 Å². The van der Waals surface area contributed by atoms with Gasteiger partial charge in [-0.05, 0) is 16.8 Å². The molecule has 0 unspecified atom stereocenters. The first-order valence-electron chi connectivity index (χ1n) is 7.69. The second-order valence-electron chi connectivity index (χ2n) is 5.64. The van der Waals surface area contributed by atoms with Gasteiger partial charge in [0.25, 0.3) is 0 Å². The van der Waals surface area contributed by atoms with E-state index in [9.17, 15) is 4.79 Å². The lowest BCUT2D eigenvalue weighted by Crippen LogP contribution is -2.03. The molecule has 3 aromatic carbocycles. The van der Waals surface area contributed by atoms with Gasteiger partial charge in [-0.1, -0.05) is 54.6 Å². The van der Waals surface area contributed by atoms with E-state index in [1.54, 1.807) is 0 Å². The number of fused-ring (bicyclic) bond motifs is 3. The van der Waals surface area contributed by atoms with Crippen molar-refractivity contribution in [3.05, 3.63) is 82.5 Å². The Kier molecular flexibility index (Phi) is 3.36. The molecule has 0 radical (unpaired) electrons. The van der Waals surface area contributed by atoms with Crippen molar-refractivity contribution in [2.45, 2.75) is 6.42 Å². The Bertz CT molecular complexity index is 1150. The summed E-state index contributed by atoms with van der Waals surface area (Å²) >= 11 is 0. The van der Waals surface area contributed by atoms with Crippen molar-refractivity contribution < 1.29 is 4.42 Å². The Morgan fingerprint density at radius 1 is 0.958 bits per heavy atom. The molecule has 0 aliphatic carbocycles. The first-order valence-corrected chi connectivity index (χ1v) is 7.69. The summed E-state index contributed by atoms with van der Waals surface area (Å²) in [6.07, 6.45) is 0.197. The Morgan fingerprint density at radius 3 is 2.50 bits per heavy atom. The van der Waals surface area contributed by atoms with Gasteiger partial charge in [0.15, 0.2) is 5.43 Å². The minimum absolute atomic E-state index is 0.0916. The molecule has 4 rings (SSSR count). The fourth-order valence-corrected chi connectivity index (χ4v) is 3.04. The average Bonchev–Trinajstić information content (AvgIpc) is 2.62. The summed E-state index contributed by atoms with van der Waals surface area (Å²) in [5.41, 5.74) is 1.99. The number of hydrogen-bond donors (Lipinski definition) is 0. The van der Waals surface area contributed by atoms with Crippen LogP contribution in [0.4, 0.5) is 0 Å². The van der Waals surface area contributed by atoms with Gasteiger partial charge >= 0.3 is 0 Å². The molecule has 0 fully saturated rings. The van der Waals surface area contributed by atoms with Crippen molar-refractivity contribution in [2.24, 2.45) is 0 Å². The highest BCUT2D eigenvalue weighted by Crippen LogP contribution is 2.30. The lowest BCUT2D eigenvalue weighted by atomic mass is 9.99. The van der Waals surface area contributed by atoms with Crippen LogP contribution in [-0.2, 0) is 6.42 Å². The minimum atomic E-state index is -0.0916. The molecule has 0 bridgehead atoms. The fraction of sp³-hybridized carbons (Fsp3) is 0.0476. The molecule has 0 aliphatic rings. The van der Waals surface area contributed by atoms with E-state index in [0.717, 1.165) is 21.9 Å². The molecular formula is C21H13NO2. The van der Waals surface area contributed by atoms with E-state index in [2.05, 4.69) is 6.07 Å². The number of nitrogens with zero attached hydrogens (tertiary/aromatic N) is 1. The zero-order valence-corrected chi connectivity index (χ0v) is 12.8. The van der Waals surface area contributed by atoms with E-state index in [-0.39, 0.29) is 11.8 Å². The van der Waals surface area contributed by atoms with Crippen LogP contribution in [0, 0.1) is 11.3 Å². The molecule has 0 saturated heterocycles. The molecule has 1 aromatic heterocycles. The molecule has 3 heteroatoms. The summed E-state index contributed by atoms with van der Waals surface area (Å²) in [5.74, 6) is 0.516. The van der Waals surface area contributed by atoms with Crippen LogP contribution in [-0.4, -0.2) is 0 Å². The second-order valence-corrected chi connectivity index (χ2v) is 5.64. The van der Waals surface area contributed by atoms with Crippen molar-refractivity contribution in [3.63, 3.8) is 0 Å². The summed E-state index contributed by atoms with van der Waals surface area (Å²) < 4.78 is 6.07. The molecule has 1 heterocycles. The minimum Gasteiger partial charge on any atom is -0.455 e. The molecule has 3 nitrogen and oxygen atoms in total. The van der Waals surface area contributed by atoms with E-state index in [1.165, 1.54) is 6.07 Å². The SMILES string of the molecule is N#CCc1cc2ccccc2c2c(=O)cc(-c3ccccc3)oc12. The molecule has 0 aliphatic heterocycles. The van der Waals surface area contributed by atoms with Gasteiger partial charge in [0.05, 0.1) is 17.9 Å². The van der Waals surface area contributed by atoms with Gasteiger partial charge in [0.1, 0.15) is 11.3 Å². The normalized spacial score (nSPS) is 10.8. The van der Waals surface area contributed by atoms with Gasteiger partial charge in [-0.3, -0.25) is 4.79 Å². The van der Waals surface area contributed by atoms with E-state index >= 15 is 0 Å². The zero-order valence-electron chi connectivity index (χ0n) is 12.8. The lowest BCUT2D eigenvalue weighted by molar-refractivity contribution is 0.615. The molecule has 4 aromatic rings.